The molecule has 0 aliphatic rings. The van der Waals surface area contributed by atoms with Crippen LogP contribution in [-0.4, -0.2) is 7.11 Å². The molecule has 0 fully saturated rings. The molecule has 4 heteroatoms. The zero-order chi connectivity index (χ0) is 6.85. The molecule has 0 amide bonds. The predicted octanol–water partition coefficient (Wildman–Crippen LogP) is 3.12. The molecule has 1 rings (SSSR count). The molecule has 1 heterocycles. The summed E-state index contributed by atoms with van der Waals surface area (Å²) in [5.41, 5.74) is 0. The van der Waals surface area contributed by atoms with Gasteiger partial charge in [-0.15, -0.1) is 11.3 Å². The quantitative estimate of drug-likeness (QED) is 0.723. The Kier molecular flexibility index (Phi) is 2.78. The molecule has 0 aromatic carbocycles. The SMILES string of the molecule is COc1c(Br)csc1I. The highest BCUT2D eigenvalue weighted by atomic mass is 127. The van der Waals surface area contributed by atoms with E-state index in [0.717, 1.165) is 10.2 Å². The van der Waals surface area contributed by atoms with Gasteiger partial charge in [-0.05, 0) is 38.5 Å². The lowest BCUT2D eigenvalue weighted by Crippen LogP contribution is -1.80. The summed E-state index contributed by atoms with van der Waals surface area (Å²) in [6.07, 6.45) is 0. The van der Waals surface area contributed by atoms with E-state index in [-0.39, 0.29) is 0 Å². The highest BCUT2D eigenvalue weighted by molar-refractivity contribution is 14.1. The Balaban J connectivity index is 3.07. The van der Waals surface area contributed by atoms with Gasteiger partial charge in [0.1, 0.15) is 2.88 Å². The average Bonchev–Trinajstić information content (AvgIpc) is 2.12. The highest BCUT2D eigenvalue weighted by Gasteiger charge is 2.05. The van der Waals surface area contributed by atoms with Gasteiger partial charge in [-0.25, -0.2) is 0 Å². The summed E-state index contributed by atoms with van der Waals surface area (Å²) in [5.74, 6) is 0.945. The Morgan fingerprint density at radius 3 is 2.67 bits per heavy atom. The molecule has 0 saturated carbocycles. The maximum absolute atomic E-state index is 5.07. The van der Waals surface area contributed by atoms with E-state index in [1.807, 2.05) is 5.38 Å². The van der Waals surface area contributed by atoms with Crippen molar-refractivity contribution in [2.75, 3.05) is 7.11 Å². The van der Waals surface area contributed by atoms with Crippen molar-refractivity contribution in [3.05, 3.63) is 12.7 Å². The summed E-state index contributed by atoms with van der Waals surface area (Å²) in [5, 5.41) is 2.01. The van der Waals surface area contributed by atoms with Crippen LogP contribution in [0.15, 0.2) is 9.85 Å². The highest BCUT2D eigenvalue weighted by Crippen LogP contribution is 2.35. The van der Waals surface area contributed by atoms with E-state index in [4.69, 9.17) is 4.74 Å². The summed E-state index contributed by atoms with van der Waals surface area (Å²) in [4.78, 5) is 0. The minimum absolute atomic E-state index is 0.945. The summed E-state index contributed by atoms with van der Waals surface area (Å²) >= 11 is 7.27. The smallest absolute Gasteiger partial charge is 0.157 e. The Morgan fingerprint density at radius 1 is 1.78 bits per heavy atom. The van der Waals surface area contributed by atoms with Gasteiger partial charge in [0.15, 0.2) is 5.75 Å². The zero-order valence-corrected chi connectivity index (χ0v) is 9.21. The van der Waals surface area contributed by atoms with Crippen molar-refractivity contribution in [3.8, 4) is 5.75 Å². The fourth-order valence-electron chi connectivity index (χ4n) is 0.482. The molecule has 0 aliphatic carbocycles. The van der Waals surface area contributed by atoms with Crippen LogP contribution >= 0.6 is 49.9 Å². The minimum Gasteiger partial charge on any atom is -0.494 e. The monoisotopic (exact) mass is 318 g/mol. The number of rotatable bonds is 1. The maximum atomic E-state index is 5.07. The molecular formula is C5H4BrIOS. The van der Waals surface area contributed by atoms with Crippen molar-refractivity contribution < 1.29 is 4.74 Å². The van der Waals surface area contributed by atoms with E-state index in [2.05, 4.69) is 38.5 Å². The third-order valence-electron chi connectivity index (χ3n) is 0.865. The second-order valence-corrected chi connectivity index (χ2v) is 4.94. The normalized spacial score (nSPS) is 9.67. The van der Waals surface area contributed by atoms with Gasteiger partial charge in [-0.2, -0.15) is 0 Å². The van der Waals surface area contributed by atoms with Gasteiger partial charge in [-0.3, -0.25) is 0 Å². The Labute approximate surface area is 79.7 Å². The summed E-state index contributed by atoms with van der Waals surface area (Å²) < 4.78 is 7.30. The molecule has 1 aromatic rings. The van der Waals surface area contributed by atoms with E-state index in [1.165, 1.54) is 2.88 Å². The molecule has 1 aromatic heterocycles. The van der Waals surface area contributed by atoms with Crippen LogP contribution in [0, 0.1) is 2.88 Å². The minimum atomic E-state index is 0.945. The van der Waals surface area contributed by atoms with Crippen molar-refractivity contribution in [3.63, 3.8) is 0 Å². The molecule has 50 valence electrons. The number of methoxy groups -OCH3 is 1. The molecule has 0 saturated heterocycles. The molecule has 0 N–H and O–H groups in total. The van der Waals surface area contributed by atoms with E-state index >= 15 is 0 Å². The summed E-state index contributed by atoms with van der Waals surface area (Å²) in [7, 11) is 1.68. The Morgan fingerprint density at radius 2 is 2.44 bits per heavy atom. The van der Waals surface area contributed by atoms with Crippen LogP contribution in [0.2, 0.25) is 0 Å². The number of hydrogen-bond donors (Lipinski definition) is 0. The Bertz CT molecular complexity index is 191. The molecule has 0 spiro atoms. The zero-order valence-electron chi connectivity index (χ0n) is 4.65. The van der Waals surface area contributed by atoms with Crippen LogP contribution in [0.3, 0.4) is 0 Å². The molecule has 0 atom stereocenters. The third kappa shape index (κ3) is 1.59. The first-order chi connectivity index (χ1) is 4.25. The second-order valence-electron chi connectivity index (χ2n) is 1.39. The van der Waals surface area contributed by atoms with Crippen LogP contribution in [0.4, 0.5) is 0 Å². The van der Waals surface area contributed by atoms with Gasteiger partial charge in [0, 0.05) is 5.38 Å². The average molecular weight is 319 g/mol. The van der Waals surface area contributed by atoms with Gasteiger partial charge in [0.25, 0.3) is 0 Å². The molecule has 0 aliphatic heterocycles. The third-order valence-corrected chi connectivity index (χ3v) is 3.76. The predicted molar refractivity (Wildman–Crippen MR) is 51.3 cm³/mol. The van der Waals surface area contributed by atoms with Gasteiger partial charge in [0.05, 0.1) is 11.6 Å². The topological polar surface area (TPSA) is 9.23 Å². The fraction of sp³-hybridized carbons (Fsp3) is 0.200. The van der Waals surface area contributed by atoms with Crippen molar-refractivity contribution in [2.24, 2.45) is 0 Å². The molecule has 9 heavy (non-hydrogen) atoms. The Hall–Kier alpha value is 0.710. The van der Waals surface area contributed by atoms with Gasteiger partial charge < -0.3 is 4.74 Å². The molecule has 0 bridgehead atoms. The van der Waals surface area contributed by atoms with Crippen molar-refractivity contribution in [1.82, 2.24) is 0 Å². The van der Waals surface area contributed by atoms with E-state index in [1.54, 1.807) is 18.4 Å². The number of hydrogen-bond acceptors (Lipinski definition) is 2. The lowest BCUT2D eigenvalue weighted by atomic mass is 10.6. The van der Waals surface area contributed by atoms with Crippen LogP contribution < -0.4 is 4.74 Å². The van der Waals surface area contributed by atoms with Crippen LogP contribution in [0.5, 0.6) is 5.75 Å². The number of halogens is 2. The fourth-order valence-corrected chi connectivity index (χ4v) is 3.13. The van der Waals surface area contributed by atoms with Crippen LogP contribution in [0.25, 0.3) is 0 Å². The number of thiophene rings is 1. The lowest BCUT2D eigenvalue weighted by molar-refractivity contribution is 0.411. The van der Waals surface area contributed by atoms with Crippen molar-refractivity contribution in [2.45, 2.75) is 0 Å². The van der Waals surface area contributed by atoms with Crippen LogP contribution in [0.1, 0.15) is 0 Å². The van der Waals surface area contributed by atoms with Gasteiger partial charge in [0.2, 0.25) is 0 Å². The summed E-state index contributed by atoms with van der Waals surface area (Å²) in [6, 6.07) is 0. The number of ether oxygens (including phenoxy) is 1. The standard InChI is InChI=1S/C5H4BrIOS/c1-8-4-3(6)2-9-5(4)7/h2H,1H3. The first kappa shape index (κ1) is 7.81. The lowest BCUT2D eigenvalue weighted by Gasteiger charge is -1.94. The largest absolute Gasteiger partial charge is 0.494 e. The van der Waals surface area contributed by atoms with E-state index < -0.39 is 0 Å². The molecular weight excluding hydrogens is 315 g/mol. The van der Waals surface area contributed by atoms with E-state index in [9.17, 15) is 0 Å². The van der Waals surface area contributed by atoms with Crippen molar-refractivity contribution >= 4 is 49.9 Å². The molecule has 1 nitrogen and oxygen atoms in total. The molecule has 0 radical (unpaired) electrons. The van der Waals surface area contributed by atoms with Crippen LogP contribution in [-0.2, 0) is 0 Å². The van der Waals surface area contributed by atoms with Crippen molar-refractivity contribution in [1.29, 1.82) is 0 Å². The van der Waals surface area contributed by atoms with Gasteiger partial charge in [-0.1, -0.05) is 0 Å². The second kappa shape index (κ2) is 3.21. The first-order valence-electron chi connectivity index (χ1n) is 2.22. The molecule has 0 unspecified atom stereocenters. The summed E-state index contributed by atoms with van der Waals surface area (Å²) in [6.45, 7) is 0. The maximum Gasteiger partial charge on any atom is 0.157 e. The first-order valence-corrected chi connectivity index (χ1v) is 4.97. The van der Waals surface area contributed by atoms with Gasteiger partial charge >= 0.3 is 0 Å². The van der Waals surface area contributed by atoms with E-state index in [0.29, 0.717) is 0 Å².